The summed E-state index contributed by atoms with van der Waals surface area (Å²) in [7, 11) is 1.61. The van der Waals surface area contributed by atoms with Gasteiger partial charge in [-0.15, -0.1) is 0 Å². The Balaban J connectivity index is 2.25. The van der Waals surface area contributed by atoms with Crippen molar-refractivity contribution in [2.45, 2.75) is 13.5 Å². The van der Waals surface area contributed by atoms with Crippen LogP contribution in [0.5, 0.6) is 11.6 Å². The number of nitrogens with zero attached hydrogens (tertiary/aromatic N) is 2. The topological polar surface area (TPSA) is 56.3 Å². The molecule has 2 aromatic rings. The number of benzene rings is 1. The van der Waals surface area contributed by atoms with Crippen molar-refractivity contribution in [1.82, 2.24) is 9.97 Å². The van der Waals surface area contributed by atoms with E-state index in [0.29, 0.717) is 18.3 Å². The van der Waals surface area contributed by atoms with Gasteiger partial charge in [0.05, 0.1) is 0 Å². The number of methoxy groups -OCH3 is 1. The molecule has 0 saturated carbocycles. The molecule has 0 radical (unpaired) electrons. The van der Waals surface area contributed by atoms with Crippen LogP contribution >= 0.6 is 22.6 Å². The van der Waals surface area contributed by atoms with Crippen molar-refractivity contribution in [3.8, 4) is 11.6 Å². The van der Waals surface area contributed by atoms with Crippen LogP contribution in [0.2, 0.25) is 0 Å². The molecule has 6 heteroatoms. The second-order valence-corrected chi connectivity index (χ2v) is 5.28. The fourth-order valence-electron chi connectivity index (χ4n) is 1.64. The zero-order valence-electron chi connectivity index (χ0n) is 11.4. The summed E-state index contributed by atoms with van der Waals surface area (Å²) >= 11 is 2.24. The first-order chi connectivity index (χ1) is 9.71. The number of halogens is 1. The minimum Gasteiger partial charge on any atom is -0.439 e. The molecule has 0 amide bonds. The number of nitrogens with one attached hydrogen (secondary N) is 1. The molecule has 0 aliphatic heterocycles. The van der Waals surface area contributed by atoms with Crippen LogP contribution in [0.3, 0.4) is 0 Å². The monoisotopic (exact) mass is 385 g/mol. The van der Waals surface area contributed by atoms with E-state index in [0.717, 1.165) is 21.7 Å². The molecular formula is C14H16IN3O2. The summed E-state index contributed by atoms with van der Waals surface area (Å²) in [6.07, 6.45) is 0. The van der Waals surface area contributed by atoms with Crippen LogP contribution < -0.4 is 10.1 Å². The smallest absolute Gasteiger partial charge is 0.224 e. The van der Waals surface area contributed by atoms with E-state index in [1.54, 1.807) is 13.2 Å². The van der Waals surface area contributed by atoms with Crippen molar-refractivity contribution in [2.75, 3.05) is 19.0 Å². The Hall–Kier alpha value is -1.41. The van der Waals surface area contributed by atoms with Gasteiger partial charge in [0, 0.05) is 23.3 Å². The van der Waals surface area contributed by atoms with Crippen molar-refractivity contribution in [3.05, 3.63) is 39.7 Å². The van der Waals surface area contributed by atoms with Crippen LogP contribution in [0.25, 0.3) is 0 Å². The fourth-order valence-corrected chi connectivity index (χ4v) is 2.16. The SMILES string of the molecule is CCNc1cc(Oc2cccc(I)c2)nc(COC)n1. The average Bonchev–Trinajstić information content (AvgIpc) is 2.39. The Labute approximate surface area is 131 Å². The van der Waals surface area contributed by atoms with Gasteiger partial charge >= 0.3 is 0 Å². The Morgan fingerprint density at radius 2 is 2.10 bits per heavy atom. The zero-order valence-corrected chi connectivity index (χ0v) is 13.5. The van der Waals surface area contributed by atoms with Crippen molar-refractivity contribution in [1.29, 1.82) is 0 Å². The minimum absolute atomic E-state index is 0.349. The molecule has 1 heterocycles. The molecule has 106 valence electrons. The normalized spacial score (nSPS) is 10.3. The molecule has 0 aliphatic rings. The van der Waals surface area contributed by atoms with Crippen LogP contribution in [0, 0.1) is 3.57 Å². The highest BCUT2D eigenvalue weighted by atomic mass is 127. The van der Waals surface area contributed by atoms with Crippen LogP contribution in [0.15, 0.2) is 30.3 Å². The lowest BCUT2D eigenvalue weighted by Gasteiger charge is -2.09. The van der Waals surface area contributed by atoms with Gasteiger partial charge < -0.3 is 14.8 Å². The summed E-state index contributed by atoms with van der Waals surface area (Å²) in [6, 6.07) is 9.58. The second kappa shape index (κ2) is 7.39. The molecule has 0 saturated heterocycles. The molecule has 0 aliphatic carbocycles. The van der Waals surface area contributed by atoms with E-state index < -0.39 is 0 Å². The van der Waals surface area contributed by atoms with E-state index in [9.17, 15) is 0 Å². The number of anilines is 1. The first-order valence-electron chi connectivity index (χ1n) is 6.25. The average molecular weight is 385 g/mol. The highest BCUT2D eigenvalue weighted by molar-refractivity contribution is 14.1. The lowest BCUT2D eigenvalue weighted by molar-refractivity contribution is 0.177. The summed E-state index contributed by atoms with van der Waals surface area (Å²) in [5.74, 6) is 2.58. The van der Waals surface area contributed by atoms with E-state index in [1.807, 2.05) is 31.2 Å². The van der Waals surface area contributed by atoms with Gasteiger partial charge in [-0.05, 0) is 47.7 Å². The van der Waals surface area contributed by atoms with E-state index in [4.69, 9.17) is 9.47 Å². The maximum Gasteiger partial charge on any atom is 0.224 e. The Morgan fingerprint density at radius 1 is 1.25 bits per heavy atom. The van der Waals surface area contributed by atoms with Crippen molar-refractivity contribution in [3.63, 3.8) is 0 Å². The molecule has 20 heavy (non-hydrogen) atoms. The number of ether oxygens (including phenoxy) is 2. The standard InChI is InChI=1S/C14H16IN3O2/c1-3-16-12-8-14(18-13(17-12)9-19-2)20-11-6-4-5-10(15)7-11/h4-8H,3,9H2,1-2H3,(H,16,17,18). The molecular weight excluding hydrogens is 369 g/mol. The zero-order chi connectivity index (χ0) is 14.4. The maximum atomic E-state index is 5.78. The molecule has 0 fully saturated rings. The molecule has 1 aromatic carbocycles. The first kappa shape index (κ1) is 15.0. The quantitative estimate of drug-likeness (QED) is 0.772. The summed E-state index contributed by atoms with van der Waals surface area (Å²) in [5, 5.41) is 3.16. The van der Waals surface area contributed by atoms with Gasteiger partial charge in [-0.25, -0.2) is 4.98 Å². The third kappa shape index (κ3) is 4.31. The Bertz CT molecular complexity index is 554. The van der Waals surface area contributed by atoms with Crippen molar-refractivity contribution >= 4 is 28.4 Å². The number of hydrogen-bond donors (Lipinski definition) is 1. The molecule has 5 nitrogen and oxygen atoms in total. The predicted molar refractivity (Wildman–Crippen MR) is 86.1 cm³/mol. The molecule has 0 unspecified atom stereocenters. The molecule has 0 atom stereocenters. The summed E-state index contributed by atoms with van der Waals surface area (Å²) in [4.78, 5) is 8.67. The van der Waals surface area contributed by atoms with Crippen LogP contribution in [0.1, 0.15) is 12.7 Å². The van der Waals surface area contributed by atoms with Crippen molar-refractivity contribution in [2.24, 2.45) is 0 Å². The van der Waals surface area contributed by atoms with E-state index in [1.165, 1.54) is 0 Å². The summed E-state index contributed by atoms with van der Waals surface area (Å²) in [6.45, 7) is 3.15. The third-order valence-electron chi connectivity index (χ3n) is 2.40. The van der Waals surface area contributed by atoms with Gasteiger partial charge in [0.15, 0.2) is 5.82 Å². The number of rotatable bonds is 6. The van der Waals surface area contributed by atoms with Gasteiger partial charge in [-0.1, -0.05) is 6.07 Å². The van der Waals surface area contributed by atoms with Crippen molar-refractivity contribution < 1.29 is 9.47 Å². The highest BCUT2D eigenvalue weighted by Crippen LogP contribution is 2.23. The van der Waals surface area contributed by atoms with Crippen LogP contribution in [0.4, 0.5) is 5.82 Å². The lowest BCUT2D eigenvalue weighted by Crippen LogP contribution is -2.05. The molecule has 0 spiro atoms. The lowest BCUT2D eigenvalue weighted by atomic mass is 10.3. The minimum atomic E-state index is 0.349. The third-order valence-corrected chi connectivity index (χ3v) is 3.07. The molecule has 2 rings (SSSR count). The summed E-state index contributed by atoms with van der Waals surface area (Å²) < 4.78 is 12.0. The Morgan fingerprint density at radius 3 is 2.80 bits per heavy atom. The van der Waals surface area contributed by atoms with Gasteiger partial charge in [-0.3, -0.25) is 0 Å². The number of aromatic nitrogens is 2. The highest BCUT2D eigenvalue weighted by Gasteiger charge is 2.06. The Kier molecular flexibility index (Phi) is 5.54. The van der Waals surface area contributed by atoms with E-state index in [2.05, 4.69) is 37.9 Å². The molecule has 0 bridgehead atoms. The first-order valence-corrected chi connectivity index (χ1v) is 7.33. The van der Waals surface area contributed by atoms with Crippen LogP contribution in [-0.4, -0.2) is 23.6 Å². The molecule has 1 N–H and O–H groups in total. The molecule has 1 aromatic heterocycles. The van der Waals surface area contributed by atoms with E-state index >= 15 is 0 Å². The van der Waals surface area contributed by atoms with Gasteiger partial charge in [0.2, 0.25) is 5.88 Å². The van der Waals surface area contributed by atoms with Gasteiger partial charge in [-0.2, -0.15) is 4.98 Å². The van der Waals surface area contributed by atoms with Gasteiger partial charge in [0.25, 0.3) is 0 Å². The van der Waals surface area contributed by atoms with Crippen LogP contribution in [-0.2, 0) is 11.3 Å². The largest absolute Gasteiger partial charge is 0.439 e. The summed E-state index contributed by atoms with van der Waals surface area (Å²) in [5.41, 5.74) is 0. The predicted octanol–water partition coefficient (Wildman–Crippen LogP) is 3.45. The number of hydrogen-bond acceptors (Lipinski definition) is 5. The van der Waals surface area contributed by atoms with E-state index in [-0.39, 0.29) is 0 Å². The maximum absolute atomic E-state index is 5.78. The second-order valence-electron chi connectivity index (χ2n) is 4.03. The van der Waals surface area contributed by atoms with Gasteiger partial charge in [0.1, 0.15) is 18.2 Å². The fraction of sp³-hybridized carbons (Fsp3) is 0.286.